The summed E-state index contributed by atoms with van der Waals surface area (Å²) < 4.78 is 38.2. The summed E-state index contributed by atoms with van der Waals surface area (Å²) in [7, 11) is -0.574. The number of piperazine rings is 1. The topological polar surface area (TPSA) is 101 Å². The summed E-state index contributed by atoms with van der Waals surface area (Å²) in [5.41, 5.74) is 1.72. The molecule has 0 bridgehead atoms. The molecule has 4 rings (SSSR count). The molecule has 1 amide bonds. The SMILES string of the molecule is COc1ccc(S(=O)(=O)Nc2nc(CCC(=O)N3CCN(c4ccccc4OC)CC3)cs2)cc1. The highest BCUT2D eigenvalue weighted by Crippen LogP contribution is 2.28. The van der Waals surface area contributed by atoms with Crippen LogP contribution in [0.2, 0.25) is 0 Å². The molecule has 9 nitrogen and oxygen atoms in total. The van der Waals surface area contributed by atoms with Gasteiger partial charge in [-0.3, -0.25) is 9.52 Å². The van der Waals surface area contributed by atoms with Gasteiger partial charge in [0.1, 0.15) is 11.5 Å². The predicted octanol–water partition coefficient (Wildman–Crippen LogP) is 3.24. The molecule has 11 heteroatoms. The third-order valence-corrected chi connectivity index (χ3v) is 8.09. The summed E-state index contributed by atoms with van der Waals surface area (Å²) in [5, 5.41) is 2.05. The van der Waals surface area contributed by atoms with Gasteiger partial charge < -0.3 is 19.3 Å². The Bertz CT molecular complexity index is 1250. The Balaban J connectivity index is 1.27. The minimum Gasteiger partial charge on any atom is -0.497 e. The van der Waals surface area contributed by atoms with Crippen molar-refractivity contribution in [1.29, 1.82) is 0 Å². The fourth-order valence-electron chi connectivity index (χ4n) is 3.88. The third kappa shape index (κ3) is 6.04. The number of aryl methyl sites for hydroxylation is 1. The van der Waals surface area contributed by atoms with Crippen molar-refractivity contribution in [3.63, 3.8) is 0 Å². The van der Waals surface area contributed by atoms with E-state index in [-0.39, 0.29) is 15.9 Å². The number of benzene rings is 2. The van der Waals surface area contributed by atoms with E-state index in [0.717, 1.165) is 24.5 Å². The molecule has 1 N–H and O–H groups in total. The summed E-state index contributed by atoms with van der Waals surface area (Å²) in [5.74, 6) is 1.47. The maximum Gasteiger partial charge on any atom is 0.263 e. The second-order valence-corrected chi connectivity index (χ2v) is 10.5. The monoisotopic (exact) mass is 516 g/mol. The zero-order valence-electron chi connectivity index (χ0n) is 19.6. The Hall–Kier alpha value is -3.31. The standard InChI is InChI=1S/C24H28N4O5S2/c1-32-19-8-10-20(11-9-19)35(30,31)26-24-25-18(17-34-24)7-12-23(29)28-15-13-27(14-16-28)21-5-3-4-6-22(21)33-2/h3-6,8-11,17H,7,12-16H2,1-2H3,(H,25,26). The third-order valence-electron chi connectivity index (χ3n) is 5.80. The van der Waals surface area contributed by atoms with E-state index < -0.39 is 10.0 Å². The maximum absolute atomic E-state index is 12.7. The van der Waals surface area contributed by atoms with Gasteiger partial charge in [0.2, 0.25) is 5.91 Å². The minimum atomic E-state index is -3.75. The second-order valence-electron chi connectivity index (χ2n) is 7.96. The number of amides is 1. The highest BCUT2D eigenvalue weighted by Gasteiger charge is 2.23. The van der Waals surface area contributed by atoms with E-state index in [1.165, 1.54) is 30.6 Å². The van der Waals surface area contributed by atoms with Gasteiger partial charge in [0.05, 0.1) is 30.5 Å². The summed E-state index contributed by atoms with van der Waals surface area (Å²) in [6.07, 6.45) is 0.773. The van der Waals surface area contributed by atoms with Gasteiger partial charge in [-0.05, 0) is 42.8 Å². The molecule has 1 aliphatic rings. The Morgan fingerprint density at radius 3 is 2.43 bits per heavy atom. The number of hydrogen-bond donors (Lipinski definition) is 1. The van der Waals surface area contributed by atoms with Gasteiger partial charge in [-0.25, -0.2) is 13.4 Å². The van der Waals surface area contributed by atoms with Crippen LogP contribution in [0.15, 0.2) is 58.8 Å². The second kappa shape index (κ2) is 11.0. The van der Waals surface area contributed by atoms with E-state index in [1.807, 2.05) is 29.2 Å². The van der Waals surface area contributed by atoms with Crippen LogP contribution in [0.5, 0.6) is 11.5 Å². The van der Waals surface area contributed by atoms with Gasteiger partial charge in [0, 0.05) is 38.0 Å². The minimum absolute atomic E-state index is 0.0676. The average Bonchev–Trinajstić information content (AvgIpc) is 3.33. The number of nitrogens with zero attached hydrogens (tertiary/aromatic N) is 3. The van der Waals surface area contributed by atoms with Crippen molar-refractivity contribution < 1.29 is 22.7 Å². The molecule has 2 heterocycles. The fourth-order valence-corrected chi connectivity index (χ4v) is 5.88. The first kappa shape index (κ1) is 24.8. The van der Waals surface area contributed by atoms with Crippen LogP contribution < -0.4 is 19.1 Å². The summed E-state index contributed by atoms with van der Waals surface area (Å²) in [6, 6.07) is 14.0. The van der Waals surface area contributed by atoms with Gasteiger partial charge >= 0.3 is 0 Å². The number of thiazole rings is 1. The molecule has 0 saturated carbocycles. The molecular weight excluding hydrogens is 488 g/mol. The Labute approximate surface area is 209 Å². The number of carbonyl (C=O) groups is 1. The lowest BCUT2D eigenvalue weighted by Gasteiger charge is -2.36. The van der Waals surface area contributed by atoms with Gasteiger partial charge in [-0.15, -0.1) is 11.3 Å². The molecule has 0 radical (unpaired) electrons. The molecule has 0 spiro atoms. The molecule has 2 aromatic carbocycles. The molecule has 1 fully saturated rings. The van der Waals surface area contributed by atoms with Crippen molar-refractivity contribution in [3.8, 4) is 11.5 Å². The van der Waals surface area contributed by atoms with Crippen LogP contribution in [0.25, 0.3) is 0 Å². The van der Waals surface area contributed by atoms with Crippen molar-refractivity contribution >= 4 is 38.1 Å². The molecule has 1 aliphatic heterocycles. The summed E-state index contributed by atoms with van der Waals surface area (Å²) >= 11 is 1.20. The van der Waals surface area contributed by atoms with Crippen LogP contribution in [0, 0.1) is 0 Å². The molecule has 35 heavy (non-hydrogen) atoms. The molecule has 186 valence electrons. The first-order valence-electron chi connectivity index (χ1n) is 11.2. The van der Waals surface area contributed by atoms with Crippen LogP contribution in [0.1, 0.15) is 12.1 Å². The van der Waals surface area contributed by atoms with E-state index in [4.69, 9.17) is 9.47 Å². The number of carbonyl (C=O) groups excluding carboxylic acids is 1. The van der Waals surface area contributed by atoms with Crippen LogP contribution in [-0.2, 0) is 21.2 Å². The lowest BCUT2D eigenvalue weighted by Crippen LogP contribution is -2.48. The normalized spacial score (nSPS) is 14.0. The van der Waals surface area contributed by atoms with Crippen molar-refractivity contribution in [2.24, 2.45) is 0 Å². The molecule has 0 unspecified atom stereocenters. The number of hydrogen-bond acceptors (Lipinski definition) is 8. The van der Waals surface area contributed by atoms with Crippen LogP contribution in [-0.4, -0.2) is 64.6 Å². The van der Waals surface area contributed by atoms with Gasteiger partial charge in [0.15, 0.2) is 5.13 Å². The van der Waals surface area contributed by atoms with Gasteiger partial charge in [0.25, 0.3) is 10.0 Å². The molecule has 1 aromatic heterocycles. The Morgan fingerprint density at radius 1 is 1.03 bits per heavy atom. The largest absolute Gasteiger partial charge is 0.497 e. The van der Waals surface area contributed by atoms with E-state index >= 15 is 0 Å². The number of methoxy groups -OCH3 is 2. The first-order chi connectivity index (χ1) is 16.9. The molecule has 1 saturated heterocycles. The fraction of sp³-hybridized carbons (Fsp3) is 0.333. The van der Waals surface area contributed by atoms with Gasteiger partial charge in [-0.2, -0.15) is 0 Å². The van der Waals surface area contributed by atoms with Crippen molar-refractivity contribution in [2.75, 3.05) is 50.0 Å². The molecule has 0 atom stereocenters. The van der Waals surface area contributed by atoms with Crippen LogP contribution >= 0.6 is 11.3 Å². The van der Waals surface area contributed by atoms with Crippen molar-refractivity contribution in [1.82, 2.24) is 9.88 Å². The number of para-hydroxylation sites is 2. The van der Waals surface area contributed by atoms with Crippen molar-refractivity contribution in [2.45, 2.75) is 17.7 Å². The lowest BCUT2D eigenvalue weighted by molar-refractivity contribution is -0.131. The highest BCUT2D eigenvalue weighted by atomic mass is 32.2. The Kier molecular flexibility index (Phi) is 7.76. The molecule has 3 aromatic rings. The highest BCUT2D eigenvalue weighted by molar-refractivity contribution is 7.93. The smallest absolute Gasteiger partial charge is 0.263 e. The number of nitrogens with one attached hydrogen (secondary N) is 1. The lowest BCUT2D eigenvalue weighted by atomic mass is 10.2. The van der Waals surface area contributed by atoms with E-state index in [2.05, 4.69) is 14.6 Å². The average molecular weight is 517 g/mol. The van der Waals surface area contributed by atoms with E-state index in [9.17, 15) is 13.2 Å². The first-order valence-corrected chi connectivity index (χ1v) is 13.5. The number of sulfonamides is 1. The predicted molar refractivity (Wildman–Crippen MR) is 136 cm³/mol. The summed E-state index contributed by atoms with van der Waals surface area (Å²) in [6.45, 7) is 2.75. The number of rotatable bonds is 9. The number of aromatic nitrogens is 1. The van der Waals surface area contributed by atoms with Gasteiger partial charge in [-0.1, -0.05) is 12.1 Å². The van der Waals surface area contributed by atoms with E-state index in [1.54, 1.807) is 24.6 Å². The zero-order chi connectivity index (χ0) is 24.8. The molecular formula is C24H28N4O5S2. The summed E-state index contributed by atoms with van der Waals surface area (Å²) in [4.78, 5) is 21.3. The Morgan fingerprint density at radius 2 is 1.74 bits per heavy atom. The van der Waals surface area contributed by atoms with Crippen LogP contribution in [0.3, 0.4) is 0 Å². The zero-order valence-corrected chi connectivity index (χ0v) is 21.3. The maximum atomic E-state index is 12.7. The van der Waals surface area contributed by atoms with Crippen molar-refractivity contribution in [3.05, 3.63) is 59.6 Å². The van der Waals surface area contributed by atoms with Crippen LogP contribution in [0.4, 0.5) is 10.8 Å². The van der Waals surface area contributed by atoms with E-state index in [0.29, 0.717) is 37.4 Å². The number of anilines is 2. The molecule has 0 aliphatic carbocycles. The quantitative estimate of drug-likeness (QED) is 0.466. The number of ether oxygens (including phenoxy) is 2.